The number of aryl methyl sites for hydroxylation is 1. The minimum Gasteiger partial charge on any atom is -0.455 e. The molecule has 0 aliphatic carbocycles. The van der Waals surface area contributed by atoms with Crippen molar-refractivity contribution in [2.75, 3.05) is 23.4 Å². The summed E-state index contributed by atoms with van der Waals surface area (Å²) in [7, 11) is 0. The van der Waals surface area contributed by atoms with E-state index < -0.39 is 11.9 Å². The second-order valence-electron chi connectivity index (χ2n) is 6.03. The van der Waals surface area contributed by atoms with Gasteiger partial charge in [0.15, 0.2) is 11.7 Å². The van der Waals surface area contributed by atoms with E-state index in [0.717, 1.165) is 12.0 Å². The van der Waals surface area contributed by atoms with Crippen molar-refractivity contribution in [3.8, 4) is 0 Å². The number of carbonyl (C=O) groups excluding carboxylic acids is 3. The zero-order valence-electron chi connectivity index (χ0n) is 14.4. The van der Waals surface area contributed by atoms with E-state index in [-0.39, 0.29) is 18.9 Å². The maximum absolute atomic E-state index is 11.9. The third-order valence-corrected chi connectivity index (χ3v) is 4.75. The van der Waals surface area contributed by atoms with E-state index in [2.05, 4.69) is 10.3 Å². The average Bonchev–Trinajstić information content (AvgIpc) is 3.21. The van der Waals surface area contributed by atoms with Crippen molar-refractivity contribution >= 4 is 39.9 Å². The lowest BCUT2D eigenvalue weighted by Crippen LogP contribution is -2.23. The van der Waals surface area contributed by atoms with Gasteiger partial charge in [-0.3, -0.25) is 19.3 Å². The standard InChI is InChI=1S/C18H19N3O4S/c1-12-4-2-5-13(8-12)19-15(22)10-25-17(24)9-14-11-26-18(20-14)21-7-3-6-16(21)23/h2,4-5,8,11H,3,6-7,9-10H2,1H3,(H,19,22). The zero-order valence-corrected chi connectivity index (χ0v) is 15.2. The van der Waals surface area contributed by atoms with Crippen molar-refractivity contribution in [2.45, 2.75) is 26.2 Å². The summed E-state index contributed by atoms with van der Waals surface area (Å²) in [5.74, 6) is -0.874. The van der Waals surface area contributed by atoms with Crippen LogP contribution in [0.2, 0.25) is 0 Å². The van der Waals surface area contributed by atoms with Gasteiger partial charge in [0.2, 0.25) is 5.91 Å². The van der Waals surface area contributed by atoms with Crippen molar-refractivity contribution in [1.29, 1.82) is 0 Å². The van der Waals surface area contributed by atoms with E-state index in [0.29, 0.717) is 29.5 Å². The molecular formula is C18H19N3O4S. The number of ether oxygens (including phenoxy) is 1. The van der Waals surface area contributed by atoms with Crippen LogP contribution in [0.5, 0.6) is 0 Å². The first-order valence-electron chi connectivity index (χ1n) is 8.28. The van der Waals surface area contributed by atoms with Crippen LogP contribution in [0.4, 0.5) is 10.8 Å². The van der Waals surface area contributed by atoms with Gasteiger partial charge in [-0.1, -0.05) is 12.1 Å². The predicted molar refractivity (Wildman–Crippen MR) is 98.2 cm³/mol. The van der Waals surface area contributed by atoms with Crippen molar-refractivity contribution in [1.82, 2.24) is 4.98 Å². The molecule has 1 fully saturated rings. The summed E-state index contributed by atoms with van der Waals surface area (Å²) >= 11 is 1.33. The minimum absolute atomic E-state index is 0.0315. The van der Waals surface area contributed by atoms with Gasteiger partial charge >= 0.3 is 5.97 Å². The Kier molecular flexibility index (Phi) is 5.62. The fourth-order valence-corrected chi connectivity index (χ4v) is 3.48. The maximum Gasteiger partial charge on any atom is 0.312 e. The lowest BCUT2D eigenvalue weighted by atomic mass is 10.2. The quantitative estimate of drug-likeness (QED) is 0.785. The van der Waals surface area contributed by atoms with Gasteiger partial charge in [-0.25, -0.2) is 4.98 Å². The van der Waals surface area contributed by atoms with Crippen LogP contribution < -0.4 is 10.2 Å². The molecule has 7 nitrogen and oxygen atoms in total. The molecule has 0 radical (unpaired) electrons. The summed E-state index contributed by atoms with van der Waals surface area (Å²) in [5.41, 5.74) is 2.22. The van der Waals surface area contributed by atoms with Gasteiger partial charge in [-0.05, 0) is 31.0 Å². The second kappa shape index (κ2) is 8.09. The zero-order chi connectivity index (χ0) is 18.5. The number of nitrogens with zero attached hydrogens (tertiary/aromatic N) is 2. The molecule has 26 heavy (non-hydrogen) atoms. The number of hydrogen-bond donors (Lipinski definition) is 1. The molecule has 2 aromatic rings. The Balaban J connectivity index is 1.46. The molecule has 2 amide bonds. The molecule has 1 N–H and O–H groups in total. The van der Waals surface area contributed by atoms with Gasteiger partial charge in [0.1, 0.15) is 0 Å². The van der Waals surface area contributed by atoms with Gasteiger partial charge in [0.05, 0.1) is 12.1 Å². The molecule has 1 aliphatic heterocycles. The number of carbonyl (C=O) groups is 3. The number of nitrogens with one attached hydrogen (secondary N) is 1. The molecule has 8 heteroatoms. The molecule has 136 valence electrons. The molecule has 0 atom stereocenters. The van der Waals surface area contributed by atoms with Crippen molar-refractivity contribution in [3.63, 3.8) is 0 Å². The highest BCUT2D eigenvalue weighted by Gasteiger charge is 2.24. The van der Waals surface area contributed by atoms with Crippen LogP contribution in [-0.2, 0) is 25.5 Å². The van der Waals surface area contributed by atoms with E-state index in [1.54, 1.807) is 16.3 Å². The molecule has 3 rings (SSSR count). The lowest BCUT2D eigenvalue weighted by Gasteiger charge is -2.10. The molecule has 1 aromatic heterocycles. The number of thiazole rings is 1. The Morgan fingerprint density at radius 3 is 2.96 bits per heavy atom. The van der Waals surface area contributed by atoms with Gasteiger partial charge in [-0.15, -0.1) is 11.3 Å². The number of hydrogen-bond acceptors (Lipinski definition) is 6. The Morgan fingerprint density at radius 2 is 2.23 bits per heavy atom. The average molecular weight is 373 g/mol. The molecule has 1 saturated heterocycles. The summed E-state index contributed by atoms with van der Waals surface area (Å²) in [6, 6.07) is 7.36. The first-order valence-corrected chi connectivity index (χ1v) is 9.16. The highest BCUT2D eigenvalue weighted by molar-refractivity contribution is 7.14. The van der Waals surface area contributed by atoms with Crippen LogP contribution in [0.25, 0.3) is 0 Å². The van der Waals surface area contributed by atoms with E-state index in [4.69, 9.17) is 4.74 Å². The monoisotopic (exact) mass is 373 g/mol. The normalized spacial score (nSPS) is 13.7. The number of aromatic nitrogens is 1. The molecule has 0 unspecified atom stereocenters. The molecular weight excluding hydrogens is 354 g/mol. The summed E-state index contributed by atoms with van der Waals surface area (Å²) in [5, 5.41) is 5.01. The molecule has 0 saturated carbocycles. The first kappa shape index (κ1) is 18.1. The fourth-order valence-electron chi connectivity index (χ4n) is 2.62. The molecule has 2 heterocycles. The Hall–Kier alpha value is -2.74. The highest BCUT2D eigenvalue weighted by Crippen LogP contribution is 2.25. The van der Waals surface area contributed by atoms with Crippen molar-refractivity contribution < 1.29 is 19.1 Å². The molecule has 1 aromatic carbocycles. The Bertz CT molecular complexity index is 833. The number of rotatable bonds is 6. The third kappa shape index (κ3) is 4.66. The molecule has 0 bridgehead atoms. The van der Waals surface area contributed by atoms with Crippen LogP contribution >= 0.6 is 11.3 Å². The number of amides is 2. The summed E-state index contributed by atoms with van der Waals surface area (Å²) in [6.45, 7) is 2.23. The van der Waals surface area contributed by atoms with Gasteiger partial charge < -0.3 is 10.1 Å². The topological polar surface area (TPSA) is 88.6 Å². The lowest BCUT2D eigenvalue weighted by molar-refractivity contribution is -0.146. The van der Waals surface area contributed by atoms with Crippen LogP contribution in [0.1, 0.15) is 24.1 Å². The Labute approximate surface area is 155 Å². The van der Waals surface area contributed by atoms with E-state index in [9.17, 15) is 14.4 Å². The number of benzene rings is 1. The van der Waals surface area contributed by atoms with Crippen LogP contribution in [0, 0.1) is 6.92 Å². The molecule has 0 spiro atoms. The minimum atomic E-state index is -0.533. The summed E-state index contributed by atoms with van der Waals surface area (Å²) in [6.07, 6.45) is 1.33. The fraction of sp³-hybridized carbons (Fsp3) is 0.333. The van der Waals surface area contributed by atoms with Gasteiger partial charge in [-0.2, -0.15) is 0 Å². The van der Waals surface area contributed by atoms with Crippen LogP contribution in [0.3, 0.4) is 0 Å². The molecule has 1 aliphatic rings. The van der Waals surface area contributed by atoms with E-state index >= 15 is 0 Å². The van der Waals surface area contributed by atoms with Gasteiger partial charge in [0, 0.05) is 24.0 Å². The van der Waals surface area contributed by atoms with Crippen molar-refractivity contribution in [3.05, 3.63) is 40.9 Å². The number of anilines is 2. The van der Waals surface area contributed by atoms with E-state index in [1.807, 2.05) is 25.1 Å². The van der Waals surface area contributed by atoms with E-state index in [1.165, 1.54) is 11.3 Å². The Morgan fingerprint density at radius 1 is 1.38 bits per heavy atom. The summed E-state index contributed by atoms with van der Waals surface area (Å²) in [4.78, 5) is 41.4. The maximum atomic E-state index is 11.9. The SMILES string of the molecule is Cc1cccc(NC(=O)COC(=O)Cc2csc(N3CCCC3=O)n2)c1. The second-order valence-corrected chi connectivity index (χ2v) is 6.86. The smallest absolute Gasteiger partial charge is 0.312 e. The largest absolute Gasteiger partial charge is 0.455 e. The highest BCUT2D eigenvalue weighted by atomic mass is 32.1. The van der Waals surface area contributed by atoms with Crippen LogP contribution in [0.15, 0.2) is 29.6 Å². The van der Waals surface area contributed by atoms with Crippen molar-refractivity contribution in [2.24, 2.45) is 0 Å². The number of esters is 1. The third-order valence-electron chi connectivity index (χ3n) is 3.84. The van der Waals surface area contributed by atoms with Gasteiger partial charge in [0.25, 0.3) is 5.91 Å². The predicted octanol–water partition coefficient (Wildman–Crippen LogP) is 2.30. The first-order chi connectivity index (χ1) is 12.5. The summed E-state index contributed by atoms with van der Waals surface area (Å²) < 4.78 is 5.00. The van der Waals surface area contributed by atoms with Crippen LogP contribution in [-0.4, -0.2) is 35.9 Å².